The van der Waals surface area contributed by atoms with E-state index in [4.69, 9.17) is 21.4 Å². The Labute approximate surface area is 115 Å². The number of carboxylic acid groups (broad SMARTS) is 1. The first kappa shape index (κ1) is 13.7. The Bertz CT molecular complexity index is 482. The number of carbonyl (C=O) groups is 2. The second-order valence-electron chi connectivity index (χ2n) is 4.45. The normalized spacial score (nSPS) is 15.6. The summed E-state index contributed by atoms with van der Waals surface area (Å²) < 4.78 is 5.38. The highest BCUT2D eigenvalue weighted by atomic mass is 35.5. The molecule has 0 heterocycles. The van der Waals surface area contributed by atoms with E-state index in [2.05, 4.69) is 5.32 Å². The van der Waals surface area contributed by atoms with Gasteiger partial charge in [-0.15, -0.1) is 0 Å². The molecule has 6 heteroatoms. The lowest BCUT2D eigenvalue weighted by Crippen LogP contribution is -2.38. The molecular formula is C13H14ClNO4. The van der Waals surface area contributed by atoms with E-state index >= 15 is 0 Å². The van der Waals surface area contributed by atoms with Crippen molar-refractivity contribution >= 4 is 23.5 Å². The van der Waals surface area contributed by atoms with Crippen molar-refractivity contribution in [2.45, 2.75) is 12.8 Å². The average molecular weight is 284 g/mol. The Morgan fingerprint density at radius 3 is 2.47 bits per heavy atom. The van der Waals surface area contributed by atoms with Crippen molar-refractivity contribution in [3.05, 3.63) is 29.3 Å². The molecule has 19 heavy (non-hydrogen) atoms. The molecule has 2 rings (SSSR count). The third-order valence-electron chi connectivity index (χ3n) is 3.06. The third-order valence-corrected chi connectivity index (χ3v) is 3.32. The summed E-state index contributed by atoms with van der Waals surface area (Å²) in [5.74, 6) is -0.832. The number of benzene rings is 1. The molecule has 1 aliphatic rings. The monoisotopic (exact) mass is 283 g/mol. The Morgan fingerprint density at radius 1 is 1.32 bits per heavy atom. The number of hydrogen-bond donors (Lipinski definition) is 2. The van der Waals surface area contributed by atoms with Crippen molar-refractivity contribution in [3.63, 3.8) is 0 Å². The van der Waals surface area contributed by atoms with Crippen molar-refractivity contribution in [1.29, 1.82) is 0 Å². The van der Waals surface area contributed by atoms with Crippen molar-refractivity contribution < 1.29 is 19.4 Å². The van der Waals surface area contributed by atoms with Gasteiger partial charge in [0.1, 0.15) is 17.8 Å². The molecule has 0 aromatic heterocycles. The molecule has 1 aromatic rings. The molecule has 0 aliphatic heterocycles. The zero-order valence-corrected chi connectivity index (χ0v) is 10.9. The minimum atomic E-state index is -1.19. The van der Waals surface area contributed by atoms with E-state index in [1.807, 2.05) is 0 Å². The fraction of sp³-hybridized carbons (Fsp3) is 0.385. The number of nitrogens with one attached hydrogen (secondary N) is 1. The van der Waals surface area contributed by atoms with Crippen LogP contribution in [0.2, 0.25) is 5.02 Å². The molecule has 1 aliphatic carbocycles. The van der Waals surface area contributed by atoms with Gasteiger partial charge in [0.15, 0.2) is 0 Å². The van der Waals surface area contributed by atoms with Gasteiger partial charge in [-0.25, -0.2) is 0 Å². The zero-order valence-electron chi connectivity index (χ0n) is 10.2. The predicted molar refractivity (Wildman–Crippen MR) is 69.3 cm³/mol. The Balaban J connectivity index is 1.71. The Hall–Kier alpha value is -1.75. The minimum absolute atomic E-state index is 0.274. The van der Waals surface area contributed by atoms with E-state index in [9.17, 15) is 9.59 Å². The molecule has 1 fully saturated rings. The van der Waals surface area contributed by atoms with Gasteiger partial charge in [-0.1, -0.05) is 11.6 Å². The maximum Gasteiger partial charge on any atom is 0.319 e. The highest BCUT2D eigenvalue weighted by Crippen LogP contribution is 2.45. The summed E-state index contributed by atoms with van der Waals surface area (Å²) in [6, 6.07) is 6.87. The fourth-order valence-electron chi connectivity index (χ4n) is 1.70. The largest absolute Gasteiger partial charge is 0.492 e. The average Bonchev–Trinajstić information content (AvgIpc) is 3.18. The molecule has 1 saturated carbocycles. The lowest BCUT2D eigenvalue weighted by Gasteiger charge is -2.11. The van der Waals surface area contributed by atoms with E-state index in [1.54, 1.807) is 24.3 Å². The molecule has 0 saturated heterocycles. The van der Waals surface area contributed by atoms with E-state index < -0.39 is 17.3 Å². The number of aliphatic carboxylic acids is 1. The summed E-state index contributed by atoms with van der Waals surface area (Å²) in [5.41, 5.74) is -1.19. The molecule has 0 radical (unpaired) electrons. The SMILES string of the molecule is O=C(O)C1(C(=O)NCCOc2ccc(Cl)cc2)CC1. The number of carbonyl (C=O) groups excluding carboxylic acids is 1. The van der Waals surface area contributed by atoms with Gasteiger partial charge in [-0.05, 0) is 37.1 Å². The summed E-state index contributed by atoms with van der Waals surface area (Å²) in [6.45, 7) is 0.555. The number of amides is 1. The number of halogens is 1. The maximum atomic E-state index is 11.7. The molecule has 1 aromatic carbocycles. The maximum absolute atomic E-state index is 11.7. The van der Waals surface area contributed by atoms with Crippen LogP contribution >= 0.6 is 11.6 Å². The van der Waals surface area contributed by atoms with Gasteiger partial charge < -0.3 is 15.2 Å². The smallest absolute Gasteiger partial charge is 0.319 e. The van der Waals surface area contributed by atoms with Gasteiger partial charge in [-0.3, -0.25) is 9.59 Å². The zero-order chi connectivity index (χ0) is 13.9. The van der Waals surface area contributed by atoms with Crippen molar-refractivity contribution in [3.8, 4) is 5.75 Å². The lowest BCUT2D eigenvalue weighted by atomic mass is 10.1. The van der Waals surface area contributed by atoms with E-state index in [-0.39, 0.29) is 13.2 Å². The van der Waals surface area contributed by atoms with E-state index in [0.717, 1.165) is 0 Å². The summed E-state index contributed by atoms with van der Waals surface area (Å²) in [5, 5.41) is 12.1. The molecule has 1 amide bonds. The van der Waals surface area contributed by atoms with Crippen LogP contribution in [0.4, 0.5) is 0 Å². The quantitative estimate of drug-likeness (QED) is 0.615. The first-order valence-corrected chi connectivity index (χ1v) is 6.32. The molecule has 2 N–H and O–H groups in total. The van der Waals surface area contributed by atoms with Gasteiger partial charge in [0.25, 0.3) is 0 Å². The van der Waals surface area contributed by atoms with Crippen LogP contribution in [0, 0.1) is 5.41 Å². The molecule has 0 atom stereocenters. The van der Waals surface area contributed by atoms with Crippen molar-refractivity contribution in [2.24, 2.45) is 5.41 Å². The topological polar surface area (TPSA) is 75.6 Å². The highest BCUT2D eigenvalue weighted by Gasteiger charge is 2.56. The second kappa shape index (κ2) is 5.48. The number of carboxylic acids is 1. The minimum Gasteiger partial charge on any atom is -0.492 e. The highest BCUT2D eigenvalue weighted by molar-refractivity contribution is 6.30. The first-order valence-electron chi connectivity index (χ1n) is 5.95. The van der Waals surface area contributed by atoms with E-state index in [1.165, 1.54) is 0 Å². The summed E-state index contributed by atoms with van der Waals surface area (Å²) >= 11 is 5.73. The summed E-state index contributed by atoms with van der Waals surface area (Å²) in [6.07, 6.45) is 0.818. The second-order valence-corrected chi connectivity index (χ2v) is 4.88. The van der Waals surface area contributed by atoms with Crippen LogP contribution < -0.4 is 10.1 Å². The van der Waals surface area contributed by atoms with Crippen LogP contribution in [0.3, 0.4) is 0 Å². The third kappa shape index (κ3) is 3.17. The van der Waals surface area contributed by atoms with Gasteiger partial charge in [0.05, 0.1) is 6.54 Å². The van der Waals surface area contributed by atoms with Gasteiger partial charge in [0.2, 0.25) is 5.91 Å². The summed E-state index contributed by atoms with van der Waals surface area (Å²) in [4.78, 5) is 22.6. The standard InChI is InChI=1S/C13H14ClNO4/c14-9-1-3-10(4-2-9)19-8-7-15-11(16)13(5-6-13)12(17)18/h1-4H,5-8H2,(H,15,16)(H,17,18). The van der Waals surface area contributed by atoms with Crippen LogP contribution in [0.5, 0.6) is 5.75 Å². The van der Waals surface area contributed by atoms with Gasteiger partial charge in [-0.2, -0.15) is 0 Å². The molecule has 0 unspecified atom stereocenters. The van der Waals surface area contributed by atoms with Crippen LogP contribution in [0.15, 0.2) is 24.3 Å². The molecule has 102 valence electrons. The van der Waals surface area contributed by atoms with Crippen molar-refractivity contribution in [1.82, 2.24) is 5.32 Å². The molecule has 5 nitrogen and oxygen atoms in total. The summed E-state index contributed by atoms with van der Waals surface area (Å²) in [7, 11) is 0. The molecule has 0 spiro atoms. The molecule has 0 bridgehead atoms. The van der Waals surface area contributed by atoms with Gasteiger partial charge >= 0.3 is 5.97 Å². The van der Waals surface area contributed by atoms with Gasteiger partial charge in [0, 0.05) is 5.02 Å². The van der Waals surface area contributed by atoms with Crippen LogP contribution in [-0.2, 0) is 9.59 Å². The van der Waals surface area contributed by atoms with Crippen LogP contribution in [0.1, 0.15) is 12.8 Å². The van der Waals surface area contributed by atoms with Crippen molar-refractivity contribution in [2.75, 3.05) is 13.2 Å². The lowest BCUT2D eigenvalue weighted by molar-refractivity contribution is -0.149. The molecular weight excluding hydrogens is 270 g/mol. The van der Waals surface area contributed by atoms with Crippen LogP contribution in [0.25, 0.3) is 0 Å². The number of ether oxygens (including phenoxy) is 1. The van der Waals surface area contributed by atoms with E-state index in [0.29, 0.717) is 23.6 Å². The fourth-order valence-corrected chi connectivity index (χ4v) is 1.82. The number of rotatable bonds is 6. The Morgan fingerprint density at radius 2 is 1.95 bits per heavy atom. The Kier molecular flexibility index (Phi) is 3.95. The predicted octanol–water partition coefficient (Wildman–Crippen LogP) is 1.70. The first-order chi connectivity index (χ1) is 9.04. The number of hydrogen-bond acceptors (Lipinski definition) is 3. The van der Waals surface area contributed by atoms with Crippen LogP contribution in [-0.4, -0.2) is 30.1 Å².